The summed E-state index contributed by atoms with van der Waals surface area (Å²) in [6.07, 6.45) is -0.466. The third-order valence-corrected chi connectivity index (χ3v) is 2.72. The number of hydrogen-bond donors (Lipinski definition) is 0. The molecule has 4 atom stereocenters. The summed E-state index contributed by atoms with van der Waals surface area (Å²) >= 11 is 0. The highest BCUT2D eigenvalue weighted by molar-refractivity contribution is 4.95. The standard InChI is InChI=1S/C9H15NO6/c1-2-3-13-6-4-14-9-7(16-10(11)12)5-15-8(6)9/h6-9H,2-5H2,1H3/t6-,7+,8+,9+/m0/s1. The van der Waals surface area contributed by atoms with E-state index in [-0.39, 0.29) is 24.9 Å². The molecule has 0 spiro atoms. The van der Waals surface area contributed by atoms with Crippen LogP contribution in [0.2, 0.25) is 0 Å². The number of fused-ring (bicyclic) bond motifs is 1. The Morgan fingerprint density at radius 3 is 2.56 bits per heavy atom. The summed E-state index contributed by atoms with van der Waals surface area (Å²) in [5.74, 6) is 0. The molecule has 7 nitrogen and oxygen atoms in total. The van der Waals surface area contributed by atoms with Crippen LogP contribution in [0, 0.1) is 10.1 Å². The summed E-state index contributed by atoms with van der Waals surface area (Å²) < 4.78 is 16.4. The van der Waals surface area contributed by atoms with E-state index in [1.54, 1.807) is 0 Å². The van der Waals surface area contributed by atoms with Crippen LogP contribution in [0.1, 0.15) is 13.3 Å². The summed E-state index contributed by atoms with van der Waals surface area (Å²) in [5.41, 5.74) is 0. The molecule has 0 saturated carbocycles. The second-order valence-corrected chi connectivity index (χ2v) is 3.87. The highest BCUT2D eigenvalue weighted by atomic mass is 17.0. The minimum absolute atomic E-state index is 0.134. The van der Waals surface area contributed by atoms with Crippen molar-refractivity contribution in [1.82, 2.24) is 0 Å². The largest absolute Gasteiger partial charge is 0.373 e. The Labute approximate surface area is 92.7 Å². The quantitative estimate of drug-likeness (QED) is 0.497. The van der Waals surface area contributed by atoms with E-state index in [0.29, 0.717) is 13.2 Å². The Bertz CT molecular complexity index is 260. The van der Waals surface area contributed by atoms with Gasteiger partial charge in [0, 0.05) is 6.61 Å². The summed E-state index contributed by atoms with van der Waals surface area (Å²) in [7, 11) is 0. The van der Waals surface area contributed by atoms with E-state index in [1.807, 2.05) is 6.92 Å². The fraction of sp³-hybridized carbons (Fsp3) is 1.00. The van der Waals surface area contributed by atoms with Gasteiger partial charge in [-0.05, 0) is 6.42 Å². The molecule has 0 amide bonds. The Hall–Kier alpha value is -0.920. The van der Waals surface area contributed by atoms with Crippen LogP contribution in [0.3, 0.4) is 0 Å². The van der Waals surface area contributed by atoms with Crippen molar-refractivity contribution in [2.24, 2.45) is 0 Å². The average molecular weight is 233 g/mol. The highest BCUT2D eigenvalue weighted by Crippen LogP contribution is 2.30. The van der Waals surface area contributed by atoms with Gasteiger partial charge in [-0.25, -0.2) is 0 Å². The number of hydrogen-bond acceptors (Lipinski definition) is 6. The van der Waals surface area contributed by atoms with Gasteiger partial charge >= 0.3 is 0 Å². The van der Waals surface area contributed by atoms with Gasteiger partial charge < -0.3 is 19.0 Å². The van der Waals surface area contributed by atoms with Crippen molar-refractivity contribution in [1.29, 1.82) is 0 Å². The fourth-order valence-corrected chi connectivity index (χ4v) is 2.04. The molecular formula is C9H15NO6. The molecule has 92 valence electrons. The molecule has 0 N–H and O–H groups in total. The van der Waals surface area contributed by atoms with Crippen molar-refractivity contribution in [3.8, 4) is 0 Å². The van der Waals surface area contributed by atoms with E-state index < -0.39 is 11.2 Å². The van der Waals surface area contributed by atoms with E-state index in [2.05, 4.69) is 4.84 Å². The summed E-state index contributed by atoms with van der Waals surface area (Å²) in [6.45, 7) is 3.25. The van der Waals surface area contributed by atoms with E-state index in [1.165, 1.54) is 0 Å². The van der Waals surface area contributed by atoms with Crippen LogP contribution in [0.4, 0.5) is 0 Å². The maximum absolute atomic E-state index is 10.2. The predicted octanol–water partition coefficient (Wildman–Crippen LogP) is 0.156. The average Bonchev–Trinajstić information content (AvgIpc) is 2.78. The Balaban J connectivity index is 1.87. The van der Waals surface area contributed by atoms with Gasteiger partial charge in [-0.15, -0.1) is 10.1 Å². The molecule has 0 aromatic heterocycles. The van der Waals surface area contributed by atoms with Crippen LogP contribution < -0.4 is 0 Å². The van der Waals surface area contributed by atoms with Gasteiger partial charge in [-0.2, -0.15) is 0 Å². The van der Waals surface area contributed by atoms with Crippen LogP contribution in [0.15, 0.2) is 0 Å². The third kappa shape index (κ3) is 2.26. The van der Waals surface area contributed by atoms with E-state index >= 15 is 0 Å². The van der Waals surface area contributed by atoms with Gasteiger partial charge in [0.2, 0.25) is 0 Å². The molecule has 16 heavy (non-hydrogen) atoms. The summed E-state index contributed by atoms with van der Waals surface area (Å²) in [6, 6.07) is 0. The zero-order valence-electron chi connectivity index (χ0n) is 9.03. The van der Waals surface area contributed by atoms with Gasteiger partial charge in [0.1, 0.15) is 18.3 Å². The molecule has 2 heterocycles. The van der Waals surface area contributed by atoms with E-state index in [9.17, 15) is 10.1 Å². The minimum Gasteiger partial charge on any atom is -0.373 e. The van der Waals surface area contributed by atoms with Gasteiger partial charge in [-0.1, -0.05) is 6.92 Å². The third-order valence-electron chi connectivity index (χ3n) is 2.72. The summed E-state index contributed by atoms with van der Waals surface area (Å²) in [4.78, 5) is 14.7. The molecule has 2 aliphatic heterocycles. The van der Waals surface area contributed by atoms with Gasteiger partial charge in [-0.3, -0.25) is 0 Å². The van der Waals surface area contributed by atoms with Crippen LogP contribution in [-0.4, -0.2) is 49.3 Å². The van der Waals surface area contributed by atoms with Crippen LogP contribution in [0.5, 0.6) is 0 Å². The highest BCUT2D eigenvalue weighted by Gasteiger charge is 2.49. The van der Waals surface area contributed by atoms with Crippen molar-refractivity contribution in [3.63, 3.8) is 0 Å². The molecule has 0 unspecified atom stereocenters. The van der Waals surface area contributed by atoms with Gasteiger partial charge in [0.25, 0.3) is 5.09 Å². The molecule has 2 fully saturated rings. The SMILES string of the molecule is CCCO[C@H]1CO[C@H]2[C@@H]1OC[C@H]2O[N+](=O)[O-]. The lowest BCUT2D eigenvalue weighted by Gasteiger charge is -2.16. The molecule has 0 radical (unpaired) electrons. The van der Waals surface area contributed by atoms with Gasteiger partial charge in [0.05, 0.1) is 13.2 Å². The first-order valence-electron chi connectivity index (χ1n) is 5.38. The second kappa shape index (κ2) is 4.94. The zero-order chi connectivity index (χ0) is 11.5. The second-order valence-electron chi connectivity index (χ2n) is 3.87. The normalized spacial score (nSPS) is 37.3. The molecule has 0 aromatic rings. The topological polar surface area (TPSA) is 80.1 Å². The number of ether oxygens (including phenoxy) is 3. The fourth-order valence-electron chi connectivity index (χ4n) is 2.04. The Morgan fingerprint density at radius 2 is 1.94 bits per heavy atom. The number of rotatable bonds is 5. The van der Waals surface area contributed by atoms with Crippen molar-refractivity contribution >= 4 is 0 Å². The lowest BCUT2D eigenvalue weighted by atomic mass is 10.1. The maximum atomic E-state index is 10.2. The van der Waals surface area contributed by atoms with Crippen LogP contribution >= 0.6 is 0 Å². The molecule has 0 aliphatic carbocycles. The van der Waals surface area contributed by atoms with E-state index in [0.717, 1.165) is 6.42 Å². The maximum Gasteiger partial charge on any atom is 0.294 e. The van der Waals surface area contributed by atoms with E-state index in [4.69, 9.17) is 14.2 Å². The molecule has 7 heteroatoms. The lowest BCUT2D eigenvalue weighted by Crippen LogP contribution is -2.35. The monoisotopic (exact) mass is 233 g/mol. The number of nitrogens with zero attached hydrogens (tertiary/aromatic N) is 1. The van der Waals surface area contributed by atoms with Crippen molar-refractivity contribution in [2.45, 2.75) is 37.8 Å². The Kier molecular flexibility index (Phi) is 3.57. The lowest BCUT2D eigenvalue weighted by molar-refractivity contribution is -0.769. The van der Waals surface area contributed by atoms with Crippen LogP contribution in [0.25, 0.3) is 0 Å². The first kappa shape index (κ1) is 11.6. The van der Waals surface area contributed by atoms with Crippen molar-refractivity contribution < 1.29 is 24.1 Å². The van der Waals surface area contributed by atoms with Crippen molar-refractivity contribution in [2.75, 3.05) is 19.8 Å². The molecule has 2 aliphatic rings. The zero-order valence-corrected chi connectivity index (χ0v) is 9.03. The summed E-state index contributed by atoms with van der Waals surface area (Å²) in [5, 5.41) is 9.43. The molecule has 0 aromatic carbocycles. The molecular weight excluding hydrogens is 218 g/mol. The first-order chi connectivity index (χ1) is 7.72. The molecule has 2 saturated heterocycles. The van der Waals surface area contributed by atoms with Crippen molar-refractivity contribution in [3.05, 3.63) is 10.1 Å². The Morgan fingerprint density at radius 1 is 1.31 bits per heavy atom. The molecule has 2 rings (SSSR count). The predicted molar refractivity (Wildman–Crippen MR) is 51.4 cm³/mol. The minimum atomic E-state index is -0.806. The van der Waals surface area contributed by atoms with Gasteiger partial charge in [0.15, 0.2) is 6.10 Å². The first-order valence-corrected chi connectivity index (χ1v) is 5.38. The smallest absolute Gasteiger partial charge is 0.294 e. The molecule has 0 bridgehead atoms. The van der Waals surface area contributed by atoms with Crippen LogP contribution in [-0.2, 0) is 19.0 Å².